The molecule has 1 heterocycles. The molecule has 2 aromatic carbocycles. The molecule has 0 atom stereocenters. The van der Waals surface area contributed by atoms with Crippen LogP contribution in [0.25, 0.3) is 0 Å². The van der Waals surface area contributed by atoms with Crippen molar-refractivity contribution in [2.45, 2.75) is 11.8 Å². The second-order valence-electron chi connectivity index (χ2n) is 6.36. The van der Waals surface area contributed by atoms with Crippen molar-refractivity contribution in [1.29, 1.82) is 0 Å². The summed E-state index contributed by atoms with van der Waals surface area (Å²) in [4.78, 5) is 25.0. The second kappa shape index (κ2) is 7.86. The minimum absolute atomic E-state index is 0.116. The molecule has 2 aromatic rings. The van der Waals surface area contributed by atoms with Crippen LogP contribution in [0.2, 0.25) is 5.02 Å². The van der Waals surface area contributed by atoms with E-state index in [9.17, 15) is 23.3 Å². The summed E-state index contributed by atoms with van der Waals surface area (Å²) in [6, 6.07) is 10.3. The molecule has 0 bridgehead atoms. The maximum absolute atomic E-state index is 12.8. The van der Waals surface area contributed by atoms with E-state index in [2.05, 4.69) is 0 Å². The van der Waals surface area contributed by atoms with Crippen LogP contribution >= 0.6 is 11.6 Å². The lowest BCUT2D eigenvalue weighted by Crippen LogP contribution is -2.50. The fourth-order valence-electron chi connectivity index (χ4n) is 3.11. The van der Waals surface area contributed by atoms with Gasteiger partial charge in [0, 0.05) is 48.4 Å². The molecular formula is C18H18ClN3O5S. The lowest BCUT2D eigenvalue weighted by molar-refractivity contribution is -0.385. The molecule has 0 N–H and O–H groups in total. The summed E-state index contributed by atoms with van der Waals surface area (Å²) in [6.45, 7) is 2.23. The Hall–Kier alpha value is -2.49. The summed E-state index contributed by atoms with van der Waals surface area (Å²) in [5, 5.41) is 11.5. The van der Waals surface area contributed by atoms with Gasteiger partial charge in [0.05, 0.1) is 9.82 Å². The third-order valence-electron chi connectivity index (χ3n) is 4.71. The lowest BCUT2D eigenvalue weighted by atomic mass is 10.1. The van der Waals surface area contributed by atoms with Crippen molar-refractivity contribution in [2.24, 2.45) is 0 Å². The molecule has 1 amide bonds. The average Bonchev–Trinajstić information content (AvgIpc) is 2.68. The number of nitro groups is 1. The van der Waals surface area contributed by atoms with Crippen molar-refractivity contribution in [2.75, 3.05) is 26.2 Å². The zero-order valence-electron chi connectivity index (χ0n) is 15.0. The van der Waals surface area contributed by atoms with E-state index in [0.717, 1.165) is 0 Å². The Kier molecular flexibility index (Phi) is 5.69. The van der Waals surface area contributed by atoms with E-state index in [0.29, 0.717) is 10.6 Å². The highest BCUT2D eigenvalue weighted by atomic mass is 35.5. The molecule has 0 radical (unpaired) electrons. The minimum atomic E-state index is -3.67. The highest BCUT2D eigenvalue weighted by Crippen LogP contribution is 2.24. The van der Waals surface area contributed by atoms with E-state index in [4.69, 9.17) is 11.6 Å². The number of hydrogen-bond acceptors (Lipinski definition) is 5. The number of sulfonamides is 1. The Morgan fingerprint density at radius 3 is 2.25 bits per heavy atom. The van der Waals surface area contributed by atoms with E-state index >= 15 is 0 Å². The number of hydrogen-bond donors (Lipinski definition) is 0. The first kappa shape index (κ1) is 20.2. The normalized spacial score (nSPS) is 15.4. The first-order valence-electron chi connectivity index (χ1n) is 8.51. The Balaban J connectivity index is 1.73. The van der Waals surface area contributed by atoms with Crippen LogP contribution in [0.4, 0.5) is 5.69 Å². The van der Waals surface area contributed by atoms with Gasteiger partial charge in [-0.15, -0.1) is 0 Å². The molecular weight excluding hydrogens is 406 g/mol. The summed E-state index contributed by atoms with van der Waals surface area (Å²) < 4.78 is 26.8. The van der Waals surface area contributed by atoms with Gasteiger partial charge in [0.2, 0.25) is 10.0 Å². The molecule has 1 aliphatic rings. The summed E-state index contributed by atoms with van der Waals surface area (Å²) in [5.74, 6) is -0.343. The third-order valence-corrected chi connectivity index (χ3v) is 6.87. The molecule has 1 aliphatic heterocycles. The number of nitro benzene ring substituents is 1. The zero-order chi connectivity index (χ0) is 20.5. The second-order valence-corrected chi connectivity index (χ2v) is 8.73. The Morgan fingerprint density at radius 1 is 1.07 bits per heavy atom. The predicted octanol–water partition coefficient (Wildman–Crippen LogP) is 2.70. The molecule has 0 spiro atoms. The van der Waals surface area contributed by atoms with Gasteiger partial charge >= 0.3 is 0 Å². The average molecular weight is 424 g/mol. The molecule has 10 heteroatoms. The number of rotatable bonds is 4. The van der Waals surface area contributed by atoms with Crippen molar-refractivity contribution in [1.82, 2.24) is 9.21 Å². The van der Waals surface area contributed by atoms with Crippen LogP contribution < -0.4 is 0 Å². The Bertz CT molecular complexity index is 1020. The van der Waals surface area contributed by atoms with Gasteiger partial charge in [-0.2, -0.15) is 4.31 Å². The molecule has 0 saturated carbocycles. The largest absolute Gasteiger partial charge is 0.336 e. The maximum atomic E-state index is 12.8. The number of halogens is 1. The van der Waals surface area contributed by atoms with E-state index in [1.54, 1.807) is 6.07 Å². The first-order valence-corrected chi connectivity index (χ1v) is 10.3. The number of benzene rings is 2. The first-order chi connectivity index (χ1) is 13.2. The van der Waals surface area contributed by atoms with Crippen molar-refractivity contribution < 1.29 is 18.1 Å². The SMILES string of the molecule is Cc1c(C(=O)N2CCN(S(=O)(=O)c3ccc(Cl)cc3)CC2)cccc1[N+](=O)[O-]. The van der Waals surface area contributed by atoms with Crippen LogP contribution in [0.1, 0.15) is 15.9 Å². The fraction of sp³-hybridized carbons (Fsp3) is 0.278. The maximum Gasteiger partial charge on any atom is 0.273 e. The van der Waals surface area contributed by atoms with Crippen LogP contribution in [-0.2, 0) is 10.0 Å². The summed E-state index contributed by atoms with van der Waals surface area (Å²) in [7, 11) is -3.67. The zero-order valence-corrected chi connectivity index (χ0v) is 16.6. The van der Waals surface area contributed by atoms with E-state index in [1.165, 1.54) is 52.5 Å². The van der Waals surface area contributed by atoms with Gasteiger partial charge < -0.3 is 4.90 Å². The molecule has 28 heavy (non-hydrogen) atoms. The number of carbonyl (C=O) groups is 1. The highest BCUT2D eigenvalue weighted by molar-refractivity contribution is 7.89. The van der Waals surface area contributed by atoms with Crippen LogP contribution in [0.3, 0.4) is 0 Å². The third kappa shape index (κ3) is 3.87. The van der Waals surface area contributed by atoms with Gasteiger partial charge in [-0.05, 0) is 37.3 Å². The highest BCUT2D eigenvalue weighted by Gasteiger charge is 2.31. The van der Waals surface area contributed by atoms with Crippen molar-refractivity contribution in [3.8, 4) is 0 Å². The lowest BCUT2D eigenvalue weighted by Gasteiger charge is -2.34. The minimum Gasteiger partial charge on any atom is -0.336 e. The van der Waals surface area contributed by atoms with Gasteiger partial charge in [-0.25, -0.2) is 8.42 Å². The molecule has 0 aliphatic carbocycles. The molecule has 1 saturated heterocycles. The van der Waals surface area contributed by atoms with Gasteiger partial charge in [0.1, 0.15) is 0 Å². The van der Waals surface area contributed by atoms with E-state index in [-0.39, 0.29) is 48.2 Å². The summed E-state index contributed by atoms with van der Waals surface area (Å²) in [5.41, 5.74) is 0.437. The number of carbonyl (C=O) groups excluding carboxylic acids is 1. The molecule has 3 rings (SSSR count). The molecule has 0 aromatic heterocycles. The van der Waals surface area contributed by atoms with Gasteiger partial charge in [0.15, 0.2) is 0 Å². The van der Waals surface area contributed by atoms with E-state index in [1.807, 2.05) is 0 Å². The van der Waals surface area contributed by atoms with E-state index < -0.39 is 14.9 Å². The number of nitrogens with zero attached hydrogens (tertiary/aromatic N) is 3. The van der Waals surface area contributed by atoms with Gasteiger partial charge in [-0.3, -0.25) is 14.9 Å². The number of amides is 1. The van der Waals surface area contributed by atoms with Crippen LogP contribution in [0, 0.1) is 17.0 Å². The smallest absolute Gasteiger partial charge is 0.273 e. The summed E-state index contributed by atoms with van der Waals surface area (Å²) in [6.07, 6.45) is 0. The number of piperazine rings is 1. The molecule has 0 unspecified atom stereocenters. The quantitative estimate of drug-likeness (QED) is 0.555. The van der Waals surface area contributed by atoms with Gasteiger partial charge in [-0.1, -0.05) is 17.7 Å². The standard InChI is InChI=1S/C18H18ClN3O5S/c1-13-16(3-2-4-17(13)22(24)25)18(23)20-9-11-21(12-10-20)28(26,27)15-7-5-14(19)6-8-15/h2-8H,9-12H2,1H3. The molecule has 8 nitrogen and oxygen atoms in total. The van der Waals surface area contributed by atoms with Crippen molar-refractivity contribution >= 4 is 33.2 Å². The fourth-order valence-corrected chi connectivity index (χ4v) is 4.66. The summed E-state index contributed by atoms with van der Waals surface area (Å²) >= 11 is 5.81. The van der Waals surface area contributed by atoms with Gasteiger partial charge in [0.25, 0.3) is 11.6 Å². The predicted molar refractivity (Wildman–Crippen MR) is 104 cm³/mol. The van der Waals surface area contributed by atoms with Crippen LogP contribution in [0.5, 0.6) is 0 Å². The van der Waals surface area contributed by atoms with Crippen LogP contribution in [-0.4, -0.2) is 54.6 Å². The molecule has 1 fully saturated rings. The molecule has 148 valence electrons. The van der Waals surface area contributed by atoms with Crippen molar-refractivity contribution in [3.05, 3.63) is 68.7 Å². The Labute approximate surface area is 167 Å². The van der Waals surface area contributed by atoms with Crippen molar-refractivity contribution in [3.63, 3.8) is 0 Å². The topological polar surface area (TPSA) is 101 Å². The Morgan fingerprint density at radius 2 is 1.68 bits per heavy atom. The van der Waals surface area contributed by atoms with Crippen LogP contribution in [0.15, 0.2) is 47.4 Å². The monoisotopic (exact) mass is 423 g/mol.